The van der Waals surface area contributed by atoms with Crippen molar-refractivity contribution in [2.75, 3.05) is 46.3 Å². The van der Waals surface area contributed by atoms with E-state index in [1.54, 1.807) is 87.2 Å². The van der Waals surface area contributed by atoms with Crippen LogP contribution in [0, 0.1) is 13.8 Å². The zero-order valence-electron chi connectivity index (χ0n) is 39.5. The van der Waals surface area contributed by atoms with E-state index < -0.39 is 19.7 Å². The first-order valence-electron chi connectivity index (χ1n) is 23.0. The molecule has 372 valence electrons. The highest BCUT2D eigenvalue weighted by Gasteiger charge is 2.32. The Bertz CT molecular complexity index is 2850. The zero-order valence-corrected chi connectivity index (χ0v) is 41.2. The average molecular weight is 997 g/mol. The number of piperidine rings is 2. The summed E-state index contributed by atoms with van der Waals surface area (Å²) in [6.07, 6.45) is 11.0. The number of aromatic nitrogens is 4. The smallest absolute Gasteiger partial charge is 0.290 e. The Morgan fingerprint density at radius 2 is 1.09 bits per heavy atom. The highest BCUT2D eigenvalue weighted by molar-refractivity contribution is 7.91. The van der Waals surface area contributed by atoms with Crippen LogP contribution >= 0.6 is 0 Å². The van der Waals surface area contributed by atoms with Crippen molar-refractivity contribution >= 4 is 38.0 Å². The third-order valence-electron chi connectivity index (χ3n) is 12.1. The number of oxazole rings is 2. The van der Waals surface area contributed by atoms with Crippen molar-refractivity contribution < 1.29 is 45.2 Å². The first-order valence-corrected chi connectivity index (χ1v) is 26.5. The number of rotatable bonds is 16. The largest absolute Gasteiger partial charge is 0.483 e. The first-order chi connectivity index (χ1) is 33.6. The molecule has 4 aromatic heterocycles. The summed E-state index contributed by atoms with van der Waals surface area (Å²) < 4.78 is 62.9. The number of nitrogens with zero attached hydrogens (tertiary/aromatic N) is 5. The van der Waals surface area contributed by atoms with Gasteiger partial charge >= 0.3 is 0 Å². The monoisotopic (exact) mass is 996 g/mol. The quantitative estimate of drug-likeness (QED) is 0.0884. The molecule has 8 rings (SSSR count). The van der Waals surface area contributed by atoms with Gasteiger partial charge in [-0.3, -0.25) is 24.4 Å². The Labute approximate surface area is 408 Å². The molecule has 2 amide bonds. The lowest BCUT2D eigenvalue weighted by Crippen LogP contribution is -2.37. The molecule has 0 radical (unpaired) electrons. The van der Waals surface area contributed by atoms with E-state index >= 15 is 0 Å². The van der Waals surface area contributed by atoms with Crippen LogP contribution in [-0.4, -0.2) is 122 Å². The van der Waals surface area contributed by atoms with Gasteiger partial charge in [-0.1, -0.05) is 12.1 Å². The maximum atomic E-state index is 12.9. The molecule has 2 fully saturated rings. The van der Waals surface area contributed by atoms with E-state index in [1.807, 2.05) is 31.3 Å². The van der Waals surface area contributed by atoms with E-state index in [1.165, 1.54) is 0 Å². The number of nitrogens with one attached hydrogen (secondary N) is 3. The number of pyridine rings is 2. The lowest BCUT2D eigenvalue weighted by molar-refractivity contribution is -0.122. The van der Waals surface area contributed by atoms with Crippen molar-refractivity contribution in [2.45, 2.75) is 74.4 Å². The SMILES string of the molecule is Cc1oc(-c2ccc(C(=O)NCCc3cccnc3)cc2)nc1CS(=O)(=O)C1CCN(C)CC1.Cc1oc(-c2ccc(C(=O)NCCc3cccnc3)cc2)nc1CS(=O)(=O)C1CCNCC1.O=CO. The molecule has 18 nitrogen and oxygen atoms in total. The molecule has 0 aliphatic carbocycles. The molecule has 2 aromatic carbocycles. The third kappa shape index (κ3) is 15.2. The molecule has 0 spiro atoms. The van der Waals surface area contributed by atoms with Crippen molar-refractivity contribution in [2.24, 2.45) is 0 Å². The summed E-state index contributed by atoms with van der Waals surface area (Å²) in [6.45, 7) is 7.26. The molecule has 4 N–H and O–H groups in total. The minimum Gasteiger partial charge on any atom is -0.483 e. The maximum Gasteiger partial charge on any atom is 0.290 e. The summed E-state index contributed by atoms with van der Waals surface area (Å²) in [5.41, 5.74) is 5.46. The van der Waals surface area contributed by atoms with Gasteiger partial charge in [0.05, 0.1) is 33.4 Å². The normalized spacial score (nSPS) is 14.6. The van der Waals surface area contributed by atoms with Crippen LogP contribution < -0.4 is 16.0 Å². The van der Waals surface area contributed by atoms with E-state index in [2.05, 4.69) is 40.8 Å². The van der Waals surface area contributed by atoms with Gasteiger partial charge in [-0.15, -0.1) is 0 Å². The number of hydrogen-bond acceptors (Lipinski definition) is 15. The predicted molar refractivity (Wildman–Crippen MR) is 264 cm³/mol. The molecule has 20 heteroatoms. The minimum atomic E-state index is -3.30. The van der Waals surface area contributed by atoms with E-state index in [9.17, 15) is 26.4 Å². The minimum absolute atomic E-state index is 0.117. The number of hydrogen-bond donors (Lipinski definition) is 4. The number of sulfone groups is 2. The van der Waals surface area contributed by atoms with Crippen LogP contribution in [0.1, 0.15) is 80.4 Å². The average Bonchev–Trinajstić information content (AvgIpc) is 3.92. The number of carbonyl (C=O) groups excluding carboxylic acids is 2. The van der Waals surface area contributed by atoms with E-state index in [0.29, 0.717) is 109 Å². The van der Waals surface area contributed by atoms with Crippen molar-refractivity contribution in [3.8, 4) is 22.9 Å². The van der Waals surface area contributed by atoms with Gasteiger partial charge < -0.3 is 34.8 Å². The Kier molecular flexibility index (Phi) is 19.1. The second-order valence-corrected chi connectivity index (χ2v) is 21.7. The fourth-order valence-corrected chi connectivity index (χ4v) is 11.6. The zero-order chi connectivity index (χ0) is 50.1. The van der Waals surface area contributed by atoms with Gasteiger partial charge in [-0.05, 0) is 157 Å². The lowest BCUT2D eigenvalue weighted by atomic mass is 10.1. The van der Waals surface area contributed by atoms with Gasteiger partial charge in [0.2, 0.25) is 11.8 Å². The number of likely N-dealkylation sites (tertiary alicyclic amines) is 1. The number of benzene rings is 2. The Hall–Kier alpha value is -6.61. The molecule has 0 atom stereocenters. The topological polar surface area (TPSA) is 257 Å². The summed E-state index contributed by atoms with van der Waals surface area (Å²) in [5.74, 6) is 1.15. The Morgan fingerprint density at radius 3 is 1.47 bits per heavy atom. The molecule has 2 aliphatic rings. The van der Waals surface area contributed by atoms with Gasteiger partial charge in [-0.25, -0.2) is 26.8 Å². The molecular formula is C50H60N8O10S2. The standard InChI is InChI=1S/C25H30N4O4S.C24H28N4O4S.CH2O2/c1-18-23(17-34(31,32)22-10-14-29(2)15-11-22)28-25(33-18)21-7-5-20(6-8-21)24(30)27-13-9-19-4-3-12-26-16-19;1-17-22(16-33(30,31)21-9-12-25-13-10-21)28-24(32-17)20-6-4-19(5-7-20)23(29)27-14-8-18-3-2-11-26-15-18;2-1-3/h3-8,12,16,22H,9-11,13-15,17H2,1-2H3,(H,27,30);2-7,11,15,21,25H,8-10,12-14,16H2,1H3,(H,27,29);1H,(H,2,3). The van der Waals surface area contributed by atoms with Crippen LogP contribution in [0.4, 0.5) is 0 Å². The Balaban J connectivity index is 0.000000218. The number of amides is 2. The maximum absolute atomic E-state index is 12.9. The van der Waals surface area contributed by atoms with Gasteiger partial charge in [-0.2, -0.15) is 0 Å². The summed E-state index contributed by atoms with van der Waals surface area (Å²) in [5, 5.41) is 15.2. The molecule has 70 heavy (non-hydrogen) atoms. The summed E-state index contributed by atoms with van der Waals surface area (Å²) in [4.78, 5) is 52.4. The van der Waals surface area contributed by atoms with Crippen LogP contribution in [-0.2, 0) is 48.8 Å². The lowest BCUT2D eigenvalue weighted by Gasteiger charge is -2.28. The van der Waals surface area contributed by atoms with E-state index in [-0.39, 0.29) is 40.3 Å². The van der Waals surface area contributed by atoms with Gasteiger partial charge in [0.25, 0.3) is 18.3 Å². The first kappa shape index (κ1) is 52.8. The molecule has 6 aromatic rings. The number of aryl methyl sites for hydroxylation is 2. The van der Waals surface area contributed by atoms with Gasteiger partial charge in [0.1, 0.15) is 11.5 Å². The molecule has 2 saturated heterocycles. The van der Waals surface area contributed by atoms with Crippen molar-refractivity contribution in [3.63, 3.8) is 0 Å². The molecule has 6 heterocycles. The van der Waals surface area contributed by atoms with Crippen LogP contribution in [0.5, 0.6) is 0 Å². The summed E-state index contributed by atoms with van der Waals surface area (Å²) >= 11 is 0. The highest BCUT2D eigenvalue weighted by Crippen LogP contribution is 2.28. The summed E-state index contributed by atoms with van der Waals surface area (Å²) in [6, 6.07) is 21.6. The number of carbonyl (C=O) groups is 3. The molecule has 0 saturated carbocycles. The molecular weight excluding hydrogens is 937 g/mol. The fraction of sp³-hybridized carbons (Fsp3) is 0.380. The predicted octanol–water partition coefficient (Wildman–Crippen LogP) is 5.41. The van der Waals surface area contributed by atoms with E-state index in [4.69, 9.17) is 18.7 Å². The molecule has 0 bridgehead atoms. The van der Waals surface area contributed by atoms with Crippen molar-refractivity contribution in [1.29, 1.82) is 0 Å². The fourth-order valence-electron chi connectivity index (χ4n) is 7.95. The highest BCUT2D eigenvalue weighted by atomic mass is 32.2. The Morgan fingerprint density at radius 1 is 0.686 bits per heavy atom. The summed E-state index contributed by atoms with van der Waals surface area (Å²) in [7, 11) is -4.59. The van der Waals surface area contributed by atoms with Crippen LogP contribution in [0.15, 0.2) is 106 Å². The van der Waals surface area contributed by atoms with Crippen LogP contribution in [0.2, 0.25) is 0 Å². The van der Waals surface area contributed by atoms with Crippen LogP contribution in [0.25, 0.3) is 22.9 Å². The van der Waals surface area contributed by atoms with Crippen molar-refractivity contribution in [1.82, 2.24) is 40.8 Å². The second kappa shape index (κ2) is 25.3. The molecule has 0 unspecified atom stereocenters. The van der Waals surface area contributed by atoms with Gasteiger partial charge in [0.15, 0.2) is 19.7 Å². The molecule has 2 aliphatic heterocycles. The van der Waals surface area contributed by atoms with E-state index in [0.717, 1.165) is 37.3 Å². The number of carboxylic acid groups (broad SMARTS) is 1. The van der Waals surface area contributed by atoms with Crippen molar-refractivity contribution in [3.05, 3.63) is 143 Å². The van der Waals surface area contributed by atoms with Crippen LogP contribution in [0.3, 0.4) is 0 Å². The van der Waals surface area contributed by atoms with Gasteiger partial charge in [0, 0.05) is 60.1 Å². The second-order valence-electron chi connectivity index (χ2n) is 17.1. The third-order valence-corrected chi connectivity index (χ3v) is 16.4.